The number of amides is 1. The highest BCUT2D eigenvalue weighted by Gasteiger charge is 2.23. The molecule has 0 saturated carbocycles. The molecular weight excluding hydrogens is 264 g/mol. The third-order valence-electron chi connectivity index (χ3n) is 3.40. The van der Waals surface area contributed by atoms with Crippen molar-refractivity contribution in [3.05, 3.63) is 35.9 Å². The molecular formula is C14H21ClN2O2. The lowest BCUT2D eigenvalue weighted by molar-refractivity contribution is 0.137. The van der Waals surface area contributed by atoms with E-state index in [1.165, 1.54) is 0 Å². The largest absolute Gasteiger partial charge is 0.445 e. The minimum absolute atomic E-state index is 0. The van der Waals surface area contributed by atoms with Crippen LogP contribution in [0.4, 0.5) is 4.79 Å². The summed E-state index contributed by atoms with van der Waals surface area (Å²) in [4.78, 5) is 11.5. The summed E-state index contributed by atoms with van der Waals surface area (Å²) in [5.41, 5.74) is 1.00. The first-order chi connectivity index (χ1) is 8.75. The molecule has 1 amide bonds. The van der Waals surface area contributed by atoms with Gasteiger partial charge in [0.2, 0.25) is 0 Å². The second kappa shape index (κ2) is 8.02. The van der Waals surface area contributed by atoms with Gasteiger partial charge in [-0.25, -0.2) is 4.79 Å². The molecule has 1 aromatic rings. The summed E-state index contributed by atoms with van der Waals surface area (Å²) in [7, 11) is 0. The maximum Gasteiger partial charge on any atom is 0.407 e. The number of alkyl carbamates (subject to hydrolysis) is 1. The summed E-state index contributed by atoms with van der Waals surface area (Å²) in [5.74, 6) is 1.12. The van der Waals surface area contributed by atoms with E-state index in [1.807, 2.05) is 30.3 Å². The van der Waals surface area contributed by atoms with Gasteiger partial charge in [-0.15, -0.1) is 12.4 Å². The van der Waals surface area contributed by atoms with Crippen LogP contribution in [0.15, 0.2) is 30.3 Å². The molecule has 2 unspecified atom stereocenters. The van der Waals surface area contributed by atoms with Gasteiger partial charge in [0.15, 0.2) is 0 Å². The molecule has 1 saturated heterocycles. The van der Waals surface area contributed by atoms with Crippen molar-refractivity contribution in [2.45, 2.75) is 13.5 Å². The van der Waals surface area contributed by atoms with Crippen molar-refractivity contribution in [3.8, 4) is 0 Å². The van der Waals surface area contributed by atoms with E-state index in [-0.39, 0.29) is 18.5 Å². The van der Waals surface area contributed by atoms with Crippen LogP contribution < -0.4 is 10.6 Å². The minimum atomic E-state index is -0.335. The zero-order valence-electron chi connectivity index (χ0n) is 11.1. The van der Waals surface area contributed by atoms with E-state index in [2.05, 4.69) is 17.6 Å². The van der Waals surface area contributed by atoms with Gasteiger partial charge in [-0.3, -0.25) is 0 Å². The van der Waals surface area contributed by atoms with Gasteiger partial charge in [0.1, 0.15) is 6.61 Å². The molecule has 5 heteroatoms. The quantitative estimate of drug-likeness (QED) is 0.891. The molecule has 1 fully saturated rings. The van der Waals surface area contributed by atoms with E-state index in [9.17, 15) is 4.79 Å². The Morgan fingerprint density at radius 1 is 1.37 bits per heavy atom. The first-order valence-electron chi connectivity index (χ1n) is 6.41. The van der Waals surface area contributed by atoms with Gasteiger partial charge >= 0.3 is 6.09 Å². The van der Waals surface area contributed by atoms with Crippen LogP contribution in [0.1, 0.15) is 12.5 Å². The predicted molar refractivity (Wildman–Crippen MR) is 77.4 cm³/mol. The van der Waals surface area contributed by atoms with Gasteiger partial charge in [0.25, 0.3) is 0 Å². The Balaban J connectivity index is 0.00000180. The van der Waals surface area contributed by atoms with E-state index >= 15 is 0 Å². The second-order valence-electron chi connectivity index (χ2n) is 4.84. The molecule has 0 aromatic heterocycles. The molecule has 1 aliphatic rings. The highest BCUT2D eigenvalue weighted by atomic mass is 35.5. The number of rotatable bonds is 4. The standard InChI is InChI=1S/C14H20N2O2.ClH/c1-11-7-15-8-13(11)9-16-14(17)18-10-12-5-3-2-4-6-12;/h2-6,11,13,15H,7-10H2,1H3,(H,16,17);1H. The summed E-state index contributed by atoms with van der Waals surface area (Å²) >= 11 is 0. The maximum absolute atomic E-state index is 11.5. The first-order valence-corrected chi connectivity index (χ1v) is 6.41. The number of carbonyl (C=O) groups excluding carboxylic acids is 1. The van der Waals surface area contributed by atoms with Crippen LogP contribution in [0.25, 0.3) is 0 Å². The fourth-order valence-electron chi connectivity index (χ4n) is 2.13. The van der Waals surface area contributed by atoms with Gasteiger partial charge in [0.05, 0.1) is 0 Å². The molecule has 1 heterocycles. The topological polar surface area (TPSA) is 50.4 Å². The molecule has 0 bridgehead atoms. The fraction of sp³-hybridized carbons (Fsp3) is 0.500. The third-order valence-corrected chi connectivity index (χ3v) is 3.40. The van der Waals surface area contributed by atoms with Crippen LogP contribution >= 0.6 is 12.4 Å². The van der Waals surface area contributed by atoms with Crippen LogP contribution in [0.3, 0.4) is 0 Å². The van der Waals surface area contributed by atoms with Crippen molar-refractivity contribution < 1.29 is 9.53 Å². The molecule has 2 rings (SSSR count). The molecule has 4 nitrogen and oxygen atoms in total. The number of carbonyl (C=O) groups is 1. The average Bonchev–Trinajstić information content (AvgIpc) is 2.81. The van der Waals surface area contributed by atoms with Gasteiger partial charge < -0.3 is 15.4 Å². The summed E-state index contributed by atoms with van der Waals surface area (Å²) in [6, 6.07) is 9.69. The summed E-state index contributed by atoms with van der Waals surface area (Å²) < 4.78 is 5.15. The second-order valence-corrected chi connectivity index (χ2v) is 4.84. The van der Waals surface area contributed by atoms with Gasteiger partial charge in [0, 0.05) is 6.54 Å². The van der Waals surface area contributed by atoms with Gasteiger partial charge in [-0.05, 0) is 30.5 Å². The summed E-state index contributed by atoms with van der Waals surface area (Å²) in [5, 5.41) is 6.14. The molecule has 0 radical (unpaired) electrons. The number of ether oxygens (including phenoxy) is 1. The van der Waals surface area contributed by atoms with Crippen molar-refractivity contribution in [1.29, 1.82) is 0 Å². The number of halogens is 1. The maximum atomic E-state index is 11.5. The van der Waals surface area contributed by atoms with Crippen molar-refractivity contribution in [2.75, 3.05) is 19.6 Å². The van der Waals surface area contributed by atoms with Crippen LogP contribution in [-0.4, -0.2) is 25.7 Å². The fourth-order valence-corrected chi connectivity index (χ4v) is 2.13. The molecule has 0 spiro atoms. The normalized spacial score (nSPS) is 21.5. The van der Waals surface area contributed by atoms with E-state index in [1.54, 1.807) is 0 Å². The van der Waals surface area contributed by atoms with E-state index in [4.69, 9.17) is 4.74 Å². The lowest BCUT2D eigenvalue weighted by Crippen LogP contribution is -2.32. The lowest BCUT2D eigenvalue weighted by Gasteiger charge is -2.14. The molecule has 0 aliphatic carbocycles. The smallest absolute Gasteiger partial charge is 0.407 e. The average molecular weight is 285 g/mol. The van der Waals surface area contributed by atoms with Crippen molar-refractivity contribution in [1.82, 2.24) is 10.6 Å². The lowest BCUT2D eigenvalue weighted by atomic mass is 9.98. The first kappa shape index (κ1) is 15.8. The number of hydrogen-bond acceptors (Lipinski definition) is 3. The van der Waals surface area contributed by atoms with Crippen LogP contribution in [-0.2, 0) is 11.3 Å². The summed E-state index contributed by atoms with van der Waals surface area (Å²) in [6.07, 6.45) is -0.335. The van der Waals surface area contributed by atoms with E-state index in [0.29, 0.717) is 25.0 Å². The Hall–Kier alpha value is -1.26. The Kier molecular flexibility index (Phi) is 6.67. The SMILES string of the molecule is CC1CNCC1CNC(=O)OCc1ccccc1.Cl. The molecule has 106 valence electrons. The zero-order valence-corrected chi connectivity index (χ0v) is 11.9. The molecule has 19 heavy (non-hydrogen) atoms. The van der Waals surface area contributed by atoms with Gasteiger partial charge in [-0.2, -0.15) is 0 Å². The molecule has 2 atom stereocenters. The molecule has 1 aliphatic heterocycles. The number of benzene rings is 1. The Morgan fingerprint density at radius 3 is 2.74 bits per heavy atom. The highest BCUT2D eigenvalue weighted by Crippen LogP contribution is 2.14. The molecule has 1 aromatic carbocycles. The Morgan fingerprint density at radius 2 is 2.11 bits per heavy atom. The highest BCUT2D eigenvalue weighted by molar-refractivity contribution is 5.85. The van der Waals surface area contributed by atoms with Crippen molar-refractivity contribution in [3.63, 3.8) is 0 Å². The summed E-state index contributed by atoms with van der Waals surface area (Å²) in [6.45, 7) is 5.21. The van der Waals surface area contributed by atoms with Gasteiger partial charge in [-0.1, -0.05) is 37.3 Å². The van der Waals surface area contributed by atoms with Crippen LogP contribution in [0, 0.1) is 11.8 Å². The van der Waals surface area contributed by atoms with Crippen LogP contribution in [0.5, 0.6) is 0 Å². The molecule has 2 N–H and O–H groups in total. The van der Waals surface area contributed by atoms with Crippen molar-refractivity contribution >= 4 is 18.5 Å². The number of nitrogens with one attached hydrogen (secondary N) is 2. The Bertz CT molecular complexity index is 386. The third kappa shape index (κ3) is 5.09. The van der Waals surface area contributed by atoms with E-state index < -0.39 is 0 Å². The number of hydrogen-bond donors (Lipinski definition) is 2. The zero-order chi connectivity index (χ0) is 12.8. The Labute approximate surface area is 120 Å². The van der Waals surface area contributed by atoms with Crippen LogP contribution in [0.2, 0.25) is 0 Å². The minimum Gasteiger partial charge on any atom is -0.445 e. The van der Waals surface area contributed by atoms with Crippen molar-refractivity contribution in [2.24, 2.45) is 11.8 Å². The predicted octanol–water partition coefficient (Wildman–Crippen LogP) is 2.19. The van der Waals surface area contributed by atoms with E-state index in [0.717, 1.165) is 18.7 Å². The monoisotopic (exact) mass is 284 g/mol.